The van der Waals surface area contributed by atoms with E-state index in [2.05, 4.69) is 33.0 Å². The van der Waals surface area contributed by atoms with E-state index in [4.69, 9.17) is 10.3 Å². The monoisotopic (exact) mass is 335 g/mol. The molecule has 1 aromatic heterocycles. The second kappa shape index (κ2) is 5.30. The van der Waals surface area contributed by atoms with E-state index in [1.165, 1.54) is 0 Å². The molecule has 0 saturated heterocycles. The van der Waals surface area contributed by atoms with Gasteiger partial charge in [-0.2, -0.15) is 4.98 Å². The van der Waals surface area contributed by atoms with Gasteiger partial charge in [-0.3, -0.25) is 0 Å². The van der Waals surface area contributed by atoms with Crippen molar-refractivity contribution in [1.82, 2.24) is 10.1 Å². The second-order valence-corrected chi connectivity index (χ2v) is 6.60. The minimum atomic E-state index is -0.435. The van der Waals surface area contributed by atoms with Gasteiger partial charge in [0.05, 0.1) is 11.1 Å². The van der Waals surface area contributed by atoms with Crippen LogP contribution in [0.25, 0.3) is 11.5 Å². The van der Waals surface area contributed by atoms with Gasteiger partial charge >= 0.3 is 0 Å². The number of nitrogens with two attached hydrogens (primary N) is 1. The standard InChI is InChI=1S/C15H18BrN3O/c1-10-6-8-15(17,9-7-10)14-18-13(20-19-14)11-4-2-3-5-12(11)16/h2-5,10H,6-9,17H2,1H3. The Bertz CT molecular complexity index is 603. The number of aromatic nitrogens is 2. The fourth-order valence-electron chi connectivity index (χ4n) is 2.67. The quantitative estimate of drug-likeness (QED) is 0.904. The Morgan fingerprint density at radius 2 is 2.00 bits per heavy atom. The van der Waals surface area contributed by atoms with Gasteiger partial charge in [-0.05, 0) is 59.7 Å². The van der Waals surface area contributed by atoms with Gasteiger partial charge in [0.2, 0.25) is 0 Å². The van der Waals surface area contributed by atoms with Crippen molar-refractivity contribution < 1.29 is 4.52 Å². The summed E-state index contributed by atoms with van der Waals surface area (Å²) in [6, 6.07) is 7.81. The summed E-state index contributed by atoms with van der Waals surface area (Å²) >= 11 is 3.50. The van der Waals surface area contributed by atoms with Gasteiger partial charge in [-0.1, -0.05) is 24.2 Å². The highest BCUT2D eigenvalue weighted by Gasteiger charge is 2.36. The molecule has 3 rings (SSSR count). The predicted octanol–water partition coefficient (Wildman–Crippen LogP) is 3.86. The first kappa shape index (κ1) is 13.8. The number of rotatable bonds is 2. The van der Waals surface area contributed by atoms with Crippen molar-refractivity contribution in [3.05, 3.63) is 34.6 Å². The van der Waals surface area contributed by atoms with Crippen LogP contribution in [0.2, 0.25) is 0 Å². The van der Waals surface area contributed by atoms with Crippen LogP contribution in [0, 0.1) is 5.92 Å². The number of benzene rings is 1. The molecule has 1 fully saturated rings. The molecule has 2 N–H and O–H groups in total. The zero-order valence-electron chi connectivity index (χ0n) is 11.5. The molecule has 20 heavy (non-hydrogen) atoms. The van der Waals surface area contributed by atoms with Crippen molar-refractivity contribution >= 4 is 15.9 Å². The molecule has 0 spiro atoms. The van der Waals surface area contributed by atoms with Crippen molar-refractivity contribution in [2.45, 2.75) is 38.1 Å². The molecule has 0 amide bonds. The smallest absolute Gasteiger partial charge is 0.259 e. The lowest BCUT2D eigenvalue weighted by Gasteiger charge is -2.33. The van der Waals surface area contributed by atoms with Crippen LogP contribution in [-0.4, -0.2) is 10.1 Å². The van der Waals surface area contributed by atoms with E-state index in [1.807, 2.05) is 24.3 Å². The average Bonchev–Trinajstić information content (AvgIpc) is 2.93. The third-order valence-electron chi connectivity index (χ3n) is 4.14. The maximum Gasteiger partial charge on any atom is 0.259 e. The summed E-state index contributed by atoms with van der Waals surface area (Å²) in [6.07, 6.45) is 4.08. The first-order chi connectivity index (χ1) is 9.58. The lowest BCUT2D eigenvalue weighted by Crippen LogP contribution is -2.41. The van der Waals surface area contributed by atoms with Gasteiger partial charge in [-0.25, -0.2) is 0 Å². The van der Waals surface area contributed by atoms with E-state index in [-0.39, 0.29) is 0 Å². The van der Waals surface area contributed by atoms with Crippen LogP contribution in [-0.2, 0) is 5.54 Å². The summed E-state index contributed by atoms with van der Waals surface area (Å²) in [4.78, 5) is 4.53. The molecule has 0 radical (unpaired) electrons. The normalized spacial score (nSPS) is 26.6. The van der Waals surface area contributed by atoms with Gasteiger partial charge < -0.3 is 10.3 Å². The molecule has 0 unspecified atom stereocenters. The van der Waals surface area contributed by atoms with Crippen LogP contribution in [0.1, 0.15) is 38.4 Å². The molecule has 1 aromatic carbocycles. The van der Waals surface area contributed by atoms with Gasteiger partial charge in [-0.15, -0.1) is 0 Å². The Morgan fingerprint density at radius 1 is 1.30 bits per heavy atom. The highest BCUT2D eigenvalue weighted by molar-refractivity contribution is 9.10. The number of halogens is 1. The molecule has 5 heteroatoms. The van der Waals surface area contributed by atoms with Crippen molar-refractivity contribution in [3.8, 4) is 11.5 Å². The summed E-state index contributed by atoms with van der Waals surface area (Å²) < 4.78 is 6.35. The van der Waals surface area contributed by atoms with E-state index in [0.717, 1.165) is 41.6 Å². The summed E-state index contributed by atoms with van der Waals surface area (Å²) in [5.74, 6) is 1.90. The summed E-state index contributed by atoms with van der Waals surface area (Å²) in [7, 11) is 0. The first-order valence-electron chi connectivity index (χ1n) is 6.96. The molecule has 1 saturated carbocycles. The Morgan fingerprint density at radius 3 is 2.70 bits per heavy atom. The minimum Gasteiger partial charge on any atom is -0.334 e. The zero-order chi connectivity index (χ0) is 14.2. The molecule has 0 bridgehead atoms. The third-order valence-corrected chi connectivity index (χ3v) is 4.83. The summed E-state index contributed by atoms with van der Waals surface area (Å²) in [6.45, 7) is 2.27. The maximum atomic E-state index is 6.48. The van der Waals surface area contributed by atoms with E-state index in [0.29, 0.717) is 11.7 Å². The number of hydrogen-bond acceptors (Lipinski definition) is 4. The zero-order valence-corrected chi connectivity index (χ0v) is 13.1. The van der Waals surface area contributed by atoms with Crippen LogP contribution in [0.4, 0.5) is 0 Å². The molecule has 0 aliphatic heterocycles. The lowest BCUT2D eigenvalue weighted by atomic mass is 9.77. The Balaban J connectivity index is 1.89. The minimum absolute atomic E-state index is 0.435. The van der Waals surface area contributed by atoms with Crippen LogP contribution < -0.4 is 5.73 Å². The van der Waals surface area contributed by atoms with Crippen LogP contribution >= 0.6 is 15.9 Å². The van der Waals surface area contributed by atoms with Crippen LogP contribution in [0.3, 0.4) is 0 Å². The molecule has 4 nitrogen and oxygen atoms in total. The fourth-order valence-corrected chi connectivity index (χ4v) is 3.13. The SMILES string of the molecule is CC1CCC(N)(c2noc(-c3ccccc3Br)n2)CC1. The molecule has 0 atom stereocenters. The number of nitrogens with zero attached hydrogens (tertiary/aromatic N) is 2. The molecular formula is C15H18BrN3O. The van der Waals surface area contributed by atoms with E-state index in [1.54, 1.807) is 0 Å². The molecule has 1 aliphatic carbocycles. The van der Waals surface area contributed by atoms with Crippen molar-refractivity contribution in [3.63, 3.8) is 0 Å². The molecule has 2 aromatic rings. The Hall–Kier alpha value is -1.20. The highest BCUT2D eigenvalue weighted by atomic mass is 79.9. The first-order valence-corrected chi connectivity index (χ1v) is 7.76. The molecule has 106 valence electrons. The largest absolute Gasteiger partial charge is 0.334 e. The molecule has 1 heterocycles. The van der Waals surface area contributed by atoms with Crippen molar-refractivity contribution in [2.75, 3.05) is 0 Å². The van der Waals surface area contributed by atoms with Gasteiger partial charge in [0, 0.05) is 4.47 Å². The van der Waals surface area contributed by atoms with Gasteiger partial charge in [0.15, 0.2) is 5.82 Å². The summed E-state index contributed by atoms with van der Waals surface area (Å²) in [5, 5.41) is 4.12. The van der Waals surface area contributed by atoms with Crippen LogP contribution in [0.15, 0.2) is 33.3 Å². The molecular weight excluding hydrogens is 318 g/mol. The fraction of sp³-hybridized carbons (Fsp3) is 0.467. The van der Waals surface area contributed by atoms with Crippen molar-refractivity contribution in [2.24, 2.45) is 11.7 Å². The maximum absolute atomic E-state index is 6.48. The van der Waals surface area contributed by atoms with Gasteiger partial charge in [0.25, 0.3) is 5.89 Å². The Labute approximate surface area is 126 Å². The second-order valence-electron chi connectivity index (χ2n) is 5.74. The van der Waals surface area contributed by atoms with Crippen LogP contribution in [0.5, 0.6) is 0 Å². The average molecular weight is 336 g/mol. The predicted molar refractivity (Wildman–Crippen MR) is 80.9 cm³/mol. The topological polar surface area (TPSA) is 64.9 Å². The van der Waals surface area contributed by atoms with E-state index in [9.17, 15) is 0 Å². The Kier molecular flexibility index (Phi) is 3.65. The van der Waals surface area contributed by atoms with E-state index >= 15 is 0 Å². The number of hydrogen-bond donors (Lipinski definition) is 1. The molecule has 1 aliphatic rings. The highest BCUT2D eigenvalue weighted by Crippen LogP contribution is 2.37. The van der Waals surface area contributed by atoms with Gasteiger partial charge in [0.1, 0.15) is 0 Å². The van der Waals surface area contributed by atoms with Crippen molar-refractivity contribution in [1.29, 1.82) is 0 Å². The summed E-state index contributed by atoms with van der Waals surface area (Å²) in [5.41, 5.74) is 6.94. The van der Waals surface area contributed by atoms with E-state index < -0.39 is 5.54 Å². The third kappa shape index (κ3) is 2.52. The lowest BCUT2D eigenvalue weighted by molar-refractivity contribution is 0.230.